The van der Waals surface area contributed by atoms with Crippen LogP contribution in [0.3, 0.4) is 0 Å². The first-order valence-corrected chi connectivity index (χ1v) is 21.5. The maximum absolute atomic E-state index is 12.7. The van der Waals surface area contributed by atoms with Crippen LogP contribution in [0.25, 0.3) is 0 Å². The molecule has 1 aromatic heterocycles. The molecule has 0 unspecified atom stereocenters. The summed E-state index contributed by atoms with van der Waals surface area (Å²) in [4.78, 5) is 25.1. The molecule has 262 valence electrons. The minimum atomic E-state index is -0.0346. The molecule has 1 aromatic rings. The Balaban J connectivity index is 1.98. The third-order valence-corrected chi connectivity index (χ3v) is 11.2. The van der Waals surface area contributed by atoms with Crippen LogP contribution in [0.2, 0.25) is 0 Å². The van der Waals surface area contributed by atoms with E-state index in [9.17, 15) is 9.59 Å². The fourth-order valence-corrected chi connectivity index (χ4v) is 8.29. The zero-order valence-electron chi connectivity index (χ0n) is 29.6. The summed E-state index contributed by atoms with van der Waals surface area (Å²) in [6.07, 6.45) is 40.6. The van der Waals surface area contributed by atoms with E-state index in [2.05, 4.69) is 18.9 Å². The molecule has 0 amide bonds. The number of carbonyl (C=O) groups is 2. The normalized spacial score (nSPS) is 11.4. The summed E-state index contributed by atoms with van der Waals surface area (Å²) in [6, 6.07) is 0. The summed E-state index contributed by atoms with van der Waals surface area (Å²) in [7, 11) is 0. The summed E-state index contributed by atoms with van der Waals surface area (Å²) in [5.41, 5.74) is 0. The molecule has 0 saturated carbocycles. The van der Waals surface area contributed by atoms with Gasteiger partial charge in [0.15, 0.2) is 13.4 Å². The van der Waals surface area contributed by atoms with Crippen molar-refractivity contribution in [3.05, 3.63) is 3.95 Å². The predicted octanol–water partition coefficient (Wildman–Crippen LogP) is 14.5. The van der Waals surface area contributed by atoms with Gasteiger partial charge in [-0.05, 0) is 36.8 Å². The molecule has 0 saturated heterocycles. The molecule has 0 bridgehead atoms. The van der Waals surface area contributed by atoms with Crippen molar-refractivity contribution >= 4 is 46.3 Å². The third-order valence-electron chi connectivity index (χ3n) is 8.95. The highest BCUT2D eigenvalue weighted by Crippen LogP contribution is 2.25. The van der Waals surface area contributed by atoms with E-state index in [1.807, 2.05) is 0 Å². The molecule has 0 N–H and O–H groups in total. The second kappa shape index (κ2) is 32.0. The van der Waals surface area contributed by atoms with Gasteiger partial charge in [0.1, 0.15) is 0 Å². The number of thioether (sulfide) groups is 1. The van der Waals surface area contributed by atoms with Crippen molar-refractivity contribution in [2.24, 2.45) is 0 Å². The average Bonchev–Trinajstić information content (AvgIpc) is 3.40. The van der Waals surface area contributed by atoms with Crippen LogP contribution < -0.4 is 0 Å². The maximum atomic E-state index is 12.7. The quantitative estimate of drug-likeness (QED) is 0.0419. The minimum absolute atomic E-state index is 0.0346. The van der Waals surface area contributed by atoms with E-state index in [1.54, 1.807) is 0 Å². The molecule has 0 radical (unpaired) electrons. The summed E-state index contributed by atoms with van der Waals surface area (Å²) in [5, 5.41) is 4.52. The number of hydrogen-bond donors (Lipinski definition) is 0. The molecular weight excluding hydrogens is 613 g/mol. The Labute approximate surface area is 292 Å². The molecule has 0 aliphatic heterocycles. The topological polar surface area (TPSA) is 52.0 Å². The van der Waals surface area contributed by atoms with Gasteiger partial charge in [0.2, 0.25) is 5.91 Å². The Kier molecular flexibility index (Phi) is 30.3. The monoisotopic (exact) mass is 682 g/mol. The highest BCUT2D eigenvalue weighted by Gasteiger charge is 2.14. The van der Waals surface area contributed by atoms with E-state index in [-0.39, 0.29) is 11.0 Å². The van der Waals surface area contributed by atoms with E-state index in [4.69, 9.17) is 12.2 Å². The lowest BCUT2D eigenvalue weighted by Crippen LogP contribution is -2.12. The number of aromatic nitrogens is 2. The molecule has 0 spiro atoms. The van der Waals surface area contributed by atoms with Crippen LogP contribution in [0.1, 0.15) is 224 Å². The fraction of sp³-hybridized carbons (Fsp3) is 0.895. The van der Waals surface area contributed by atoms with Crippen LogP contribution in [0.4, 0.5) is 0 Å². The summed E-state index contributed by atoms with van der Waals surface area (Å²) < 4.78 is 2.42. The molecule has 1 rings (SSSR count). The van der Waals surface area contributed by atoms with Crippen LogP contribution in [0.15, 0.2) is 4.34 Å². The van der Waals surface area contributed by atoms with Gasteiger partial charge in [-0.3, -0.25) is 9.59 Å². The lowest BCUT2D eigenvalue weighted by molar-refractivity contribution is -0.111. The lowest BCUT2D eigenvalue weighted by Gasteiger charge is -2.04. The Morgan fingerprint density at radius 1 is 0.533 bits per heavy atom. The molecule has 0 aromatic carbocycles. The van der Waals surface area contributed by atoms with Crippen molar-refractivity contribution in [3.8, 4) is 0 Å². The van der Waals surface area contributed by atoms with Gasteiger partial charge < -0.3 is 0 Å². The molecule has 0 aliphatic carbocycles. The smallest absolute Gasteiger partial charge is 0.248 e. The Morgan fingerprint density at radius 3 is 1.20 bits per heavy atom. The van der Waals surface area contributed by atoms with Crippen LogP contribution >= 0.6 is 35.3 Å². The van der Waals surface area contributed by atoms with Crippen molar-refractivity contribution in [2.45, 2.75) is 224 Å². The largest absolute Gasteiger partial charge is 0.287 e. The molecule has 0 atom stereocenters. The van der Waals surface area contributed by atoms with Gasteiger partial charge in [-0.2, -0.15) is 4.68 Å². The highest BCUT2D eigenvalue weighted by molar-refractivity contribution is 8.14. The maximum Gasteiger partial charge on any atom is 0.248 e. The van der Waals surface area contributed by atoms with Crippen LogP contribution in [0, 0.1) is 3.95 Å². The Hall–Kier alpha value is -0.530. The SMILES string of the molecule is CCCCCCCCCCCCCCCCCC(=O)Sc1nn(C(=O)CCCCCCCCCCCCCCCCC)c(=S)s1. The molecule has 45 heavy (non-hydrogen) atoms. The minimum Gasteiger partial charge on any atom is -0.287 e. The first-order valence-electron chi connectivity index (χ1n) is 19.4. The molecule has 0 fully saturated rings. The van der Waals surface area contributed by atoms with Crippen molar-refractivity contribution in [1.29, 1.82) is 0 Å². The molecule has 0 aliphatic rings. The summed E-state index contributed by atoms with van der Waals surface area (Å²) >= 11 is 7.84. The van der Waals surface area contributed by atoms with Gasteiger partial charge in [-0.1, -0.05) is 205 Å². The van der Waals surface area contributed by atoms with Crippen LogP contribution in [0.5, 0.6) is 0 Å². The van der Waals surface area contributed by atoms with E-state index in [0.29, 0.717) is 21.1 Å². The molecular formula is C38H70N2O2S3. The van der Waals surface area contributed by atoms with Gasteiger partial charge >= 0.3 is 0 Å². The van der Waals surface area contributed by atoms with Gasteiger partial charge in [0.25, 0.3) is 0 Å². The first-order chi connectivity index (χ1) is 22.1. The van der Waals surface area contributed by atoms with E-state index in [1.165, 1.54) is 183 Å². The zero-order chi connectivity index (χ0) is 32.6. The third kappa shape index (κ3) is 26.1. The Morgan fingerprint density at radius 2 is 0.844 bits per heavy atom. The fourth-order valence-electron chi connectivity index (χ4n) is 6.00. The van der Waals surface area contributed by atoms with Crippen LogP contribution in [-0.2, 0) is 4.79 Å². The van der Waals surface area contributed by atoms with Gasteiger partial charge in [0, 0.05) is 12.8 Å². The number of carbonyl (C=O) groups excluding carboxylic acids is 2. The van der Waals surface area contributed by atoms with Crippen molar-refractivity contribution in [3.63, 3.8) is 0 Å². The van der Waals surface area contributed by atoms with Gasteiger partial charge in [-0.25, -0.2) is 0 Å². The highest BCUT2D eigenvalue weighted by atomic mass is 32.2. The Bertz CT molecular complexity index is 883. The van der Waals surface area contributed by atoms with E-state index >= 15 is 0 Å². The van der Waals surface area contributed by atoms with Crippen LogP contribution in [-0.4, -0.2) is 20.8 Å². The average molecular weight is 683 g/mol. The van der Waals surface area contributed by atoms with Gasteiger partial charge in [-0.15, -0.1) is 5.10 Å². The molecule has 1 heterocycles. The standard InChI is InChI=1S/C38H70N2O2S3/c1-3-5-7-9-11-13-15-17-19-21-23-25-27-29-31-33-35(41)40-38(43)45-37(39-40)44-36(42)34-32-30-28-26-24-22-20-18-16-14-12-10-8-6-4-2/h3-34H2,1-2H3. The number of unbranched alkanes of at least 4 members (excludes halogenated alkanes) is 28. The second-order valence-electron chi connectivity index (χ2n) is 13.3. The summed E-state index contributed by atoms with van der Waals surface area (Å²) in [5.74, 6) is -0.0346. The number of nitrogens with zero attached hydrogens (tertiary/aromatic N) is 2. The van der Waals surface area contributed by atoms with E-state index < -0.39 is 0 Å². The van der Waals surface area contributed by atoms with Crippen molar-refractivity contribution in [1.82, 2.24) is 9.78 Å². The molecule has 7 heteroatoms. The summed E-state index contributed by atoms with van der Waals surface area (Å²) in [6.45, 7) is 4.56. The van der Waals surface area contributed by atoms with Gasteiger partial charge in [0.05, 0.1) is 0 Å². The first kappa shape index (κ1) is 42.5. The lowest BCUT2D eigenvalue weighted by atomic mass is 10.0. The van der Waals surface area contributed by atoms with Crippen molar-refractivity contribution in [2.75, 3.05) is 0 Å². The zero-order valence-corrected chi connectivity index (χ0v) is 32.0. The van der Waals surface area contributed by atoms with Crippen molar-refractivity contribution < 1.29 is 9.59 Å². The predicted molar refractivity (Wildman–Crippen MR) is 202 cm³/mol. The number of rotatable bonds is 33. The number of hydrogen-bond acceptors (Lipinski definition) is 6. The molecule has 4 nitrogen and oxygen atoms in total. The second-order valence-corrected chi connectivity index (χ2v) is 16.2. The van der Waals surface area contributed by atoms with E-state index in [0.717, 1.165) is 37.4 Å².